The van der Waals surface area contributed by atoms with Crippen LogP contribution in [-0.4, -0.2) is 17.7 Å². The number of hydrogen-bond acceptors (Lipinski definition) is 4. The van der Waals surface area contributed by atoms with Gasteiger partial charge in [0.1, 0.15) is 5.92 Å². The van der Waals surface area contributed by atoms with Crippen LogP contribution in [0, 0.1) is 0 Å². The molecule has 1 unspecified atom stereocenters. The predicted molar refractivity (Wildman–Crippen MR) is 84.9 cm³/mol. The van der Waals surface area contributed by atoms with Crippen LogP contribution in [0.5, 0.6) is 0 Å². The average molecular weight is 355 g/mol. The van der Waals surface area contributed by atoms with E-state index in [1.165, 1.54) is 12.1 Å². The molecule has 1 aliphatic heterocycles. The average Bonchev–Trinajstić information content (AvgIpc) is 2.98. The summed E-state index contributed by atoms with van der Waals surface area (Å²) in [5, 5.41) is 2.36. The standard InChI is InChI=1S/C14H8Cl2N2O3S/c15-6-1-2-8-9(3-6)18(14(17)21)13(20)11(8)12(19)10-4-7(16)5-22-10/h1-5,11H,(H2,17,21). The lowest BCUT2D eigenvalue weighted by Crippen LogP contribution is -2.40. The molecular weight excluding hydrogens is 347 g/mol. The van der Waals surface area contributed by atoms with E-state index in [-0.39, 0.29) is 5.69 Å². The first-order valence-electron chi connectivity index (χ1n) is 6.11. The largest absolute Gasteiger partial charge is 0.351 e. The second-order valence-corrected chi connectivity index (χ2v) is 6.43. The maximum Gasteiger partial charge on any atom is 0.326 e. The van der Waals surface area contributed by atoms with E-state index in [0.717, 1.165) is 16.2 Å². The van der Waals surface area contributed by atoms with Gasteiger partial charge in [0.2, 0.25) is 0 Å². The smallest absolute Gasteiger partial charge is 0.326 e. The van der Waals surface area contributed by atoms with E-state index in [9.17, 15) is 14.4 Å². The highest BCUT2D eigenvalue weighted by molar-refractivity contribution is 7.12. The highest BCUT2D eigenvalue weighted by atomic mass is 35.5. The lowest BCUT2D eigenvalue weighted by Gasteiger charge is -2.12. The molecule has 0 aliphatic carbocycles. The quantitative estimate of drug-likeness (QED) is 0.662. The number of thiophene rings is 1. The molecule has 0 saturated carbocycles. The Balaban J connectivity index is 2.12. The number of imide groups is 1. The minimum Gasteiger partial charge on any atom is -0.351 e. The van der Waals surface area contributed by atoms with Crippen molar-refractivity contribution in [2.24, 2.45) is 5.73 Å². The zero-order chi connectivity index (χ0) is 16.0. The number of hydrogen-bond donors (Lipinski definition) is 1. The Kier molecular flexibility index (Phi) is 3.68. The molecule has 8 heteroatoms. The van der Waals surface area contributed by atoms with Crippen molar-refractivity contribution in [2.45, 2.75) is 5.92 Å². The molecule has 22 heavy (non-hydrogen) atoms. The molecule has 3 rings (SSSR count). The topological polar surface area (TPSA) is 80.5 Å². The van der Waals surface area contributed by atoms with Gasteiger partial charge in [-0.2, -0.15) is 0 Å². The lowest BCUT2D eigenvalue weighted by molar-refractivity contribution is -0.117. The van der Waals surface area contributed by atoms with E-state index in [0.29, 0.717) is 20.5 Å². The molecular formula is C14H8Cl2N2O3S. The van der Waals surface area contributed by atoms with Crippen molar-refractivity contribution in [1.29, 1.82) is 0 Å². The molecule has 0 bridgehead atoms. The molecule has 0 spiro atoms. The molecule has 0 fully saturated rings. The maximum absolute atomic E-state index is 12.6. The summed E-state index contributed by atoms with van der Waals surface area (Å²) >= 11 is 12.9. The van der Waals surface area contributed by atoms with E-state index in [4.69, 9.17) is 28.9 Å². The summed E-state index contributed by atoms with van der Waals surface area (Å²) < 4.78 is 0. The normalized spacial score (nSPS) is 16.7. The summed E-state index contributed by atoms with van der Waals surface area (Å²) in [5.74, 6) is -2.22. The van der Waals surface area contributed by atoms with Crippen LogP contribution in [-0.2, 0) is 4.79 Å². The van der Waals surface area contributed by atoms with Crippen LogP contribution in [0.2, 0.25) is 10.0 Å². The van der Waals surface area contributed by atoms with Crippen LogP contribution in [0.1, 0.15) is 21.2 Å². The van der Waals surface area contributed by atoms with Crippen LogP contribution in [0.15, 0.2) is 29.6 Å². The third-order valence-corrected chi connectivity index (χ3v) is 4.83. The van der Waals surface area contributed by atoms with Gasteiger partial charge in [0, 0.05) is 10.4 Å². The van der Waals surface area contributed by atoms with Gasteiger partial charge in [0.25, 0.3) is 5.91 Å². The third kappa shape index (κ3) is 2.29. The van der Waals surface area contributed by atoms with Crippen molar-refractivity contribution >= 4 is 57.9 Å². The van der Waals surface area contributed by atoms with Gasteiger partial charge < -0.3 is 5.73 Å². The van der Waals surface area contributed by atoms with Crippen LogP contribution in [0.25, 0.3) is 0 Å². The number of carbonyl (C=O) groups excluding carboxylic acids is 3. The van der Waals surface area contributed by atoms with Gasteiger partial charge in [-0.25, -0.2) is 9.69 Å². The number of carbonyl (C=O) groups is 3. The van der Waals surface area contributed by atoms with E-state index >= 15 is 0 Å². The highest BCUT2D eigenvalue weighted by Crippen LogP contribution is 2.41. The molecule has 3 amide bonds. The first-order chi connectivity index (χ1) is 10.4. The molecule has 2 heterocycles. The fourth-order valence-electron chi connectivity index (χ4n) is 2.40. The van der Waals surface area contributed by atoms with Crippen molar-refractivity contribution in [3.8, 4) is 0 Å². The Morgan fingerprint density at radius 2 is 1.91 bits per heavy atom. The zero-order valence-corrected chi connectivity index (χ0v) is 13.2. The number of nitrogens with zero attached hydrogens (tertiary/aromatic N) is 1. The number of fused-ring (bicyclic) bond motifs is 1. The molecule has 1 atom stereocenters. The van der Waals surface area contributed by atoms with Gasteiger partial charge in [-0.1, -0.05) is 29.3 Å². The molecule has 0 saturated heterocycles. The van der Waals surface area contributed by atoms with Gasteiger partial charge in [-0.3, -0.25) is 9.59 Å². The van der Waals surface area contributed by atoms with Crippen LogP contribution < -0.4 is 10.6 Å². The third-order valence-electron chi connectivity index (χ3n) is 3.30. The van der Waals surface area contributed by atoms with Gasteiger partial charge in [-0.15, -0.1) is 11.3 Å². The number of benzene rings is 1. The number of amides is 3. The summed E-state index contributed by atoms with van der Waals surface area (Å²) in [7, 11) is 0. The second kappa shape index (κ2) is 5.39. The number of urea groups is 1. The predicted octanol–water partition coefficient (Wildman–Crippen LogP) is 3.45. The van der Waals surface area contributed by atoms with Crippen molar-refractivity contribution < 1.29 is 14.4 Å². The first kappa shape index (κ1) is 15.0. The minimum absolute atomic E-state index is 0.242. The zero-order valence-electron chi connectivity index (χ0n) is 10.9. The van der Waals surface area contributed by atoms with Gasteiger partial charge in [-0.05, 0) is 23.8 Å². The summed E-state index contributed by atoms with van der Waals surface area (Å²) in [6.07, 6.45) is 0. The van der Waals surface area contributed by atoms with Crippen molar-refractivity contribution in [3.05, 3.63) is 50.1 Å². The number of nitrogens with two attached hydrogens (primary N) is 1. The van der Waals surface area contributed by atoms with Gasteiger partial charge in [0.15, 0.2) is 5.78 Å². The molecule has 1 aromatic heterocycles. The molecule has 2 N–H and O–H groups in total. The number of anilines is 1. The first-order valence-corrected chi connectivity index (χ1v) is 7.75. The van der Waals surface area contributed by atoms with E-state index in [1.54, 1.807) is 17.5 Å². The number of Topliss-reactive ketones (excluding diaryl/α,β-unsaturated/α-hetero) is 1. The number of primary amides is 1. The molecule has 112 valence electrons. The highest BCUT2D eigenvalue weighted by Gasteiger charge is 2.44. The fraction of sp³-hybridized carbons (Fsp3) is 0.0714. The molecule has 0 radical (unpaired) electrons. The Bertz CT molecular complexity index is 818. The summed E-state index contributed by atoms with van der Waals surface area (Å²) in [5.41, 5.74) is 5.90. The molecule has 1 aliphatic rings. The van der Waals surface area contributed by atoms with Crippen LogP contribution >= 0.6 is 34.5 Å². The van der Waals surface area contributed by atoms with Crippen molar-refractivity contribution in [1.82, 2.24) is 0 Å². The van der Waals surface area contributed by atoms with Crippen LogP contribution in [0.3, 0.4) is 0 Å². The molecule has 2 aromatic rings. The fourth-order valence-corrected chi connectivity index (χ4v) is 3.61. The van der Waals surface area contributed by atoms with Gasteiger partial charge >= 0.3 is 6.03 Å². The van der Waals surface area contributed by atoms with E-state index in [2.05, 4.69) is 0 Å². The van der Waals surface area contributed by atoms with E-state index < -0.39 is 23.6 Å². The second-order valence-electron chi connectivity index (χ2n) is 4.64. The Morgan fingerprint density at radius 3 is 2.50 bits per heavy atom. The number of ketones is 1. The van der Waals surface area contributed by atoms with Crippen molar-refractivity contribution in [3.63, 3.8) is 0 Å². The summed E-state index contributed by atoms with van der Waals surface area (Å²) in [6.45, 7) is 0. The monoisotopic (exact) mass is 354 g/mol. The number of rotatable bonds is 2. The van der Waals surface area contributed by atoms with Crippen molar-refractivity contribution in [2.75, 3.05) is 4.90 Å². The SMILES string of the molecule is NC(=O)N1C(=O)C(C(=O)c2cc(Cl)cs2)c2ccc(Cl)cc21. The molecule has 5 nitrogen and oxygen atoms in total. The van der Waals surface area contributed by atoms with Gasteiger partial charge in [0.05, 0.1) is 15.6 Å². The minimum atomic E-state index is -1.12. The summed E-state index contributed by atoms with van der Waals surface area (Å²) in [6, 6.07) is 5.09. The number of halogens is 2. The summed E-state index contributed by atoms with van der Waals surface area (Å²) in [4.78, 5) is 37.7. The Hall–Kier alpha value is -1.89. The Labute approximate surface area is 139 Å². The maximum atomic E-state index is 12.6. The molecule has 1 aromatic carbocycles. The lowest BCUT2D eigenvalue weighted by atomic mass is 9.95. The van der Waals surface area contributed by atoms with Crippen LogP contribution in [0.4, 0.5) is 10.5 Å². The Morgan fingerprint density at radius 1 is 1.18 bits per heavy atom. The van der Waals surface area contributed by atoms with E-state index in [1.807, 2.05) is 0 Å².